The van der Waals surface area contributed by atoms with E-state index in [1.807, 2.05) is 18.7 Å². The monoisotopic (exact) mass is 592 g/mol. The summed E-state index contributed by atoms with van der Waals surface area (Å²) < 4.78 is 28.2. The van der Waals surface area contributed by atoms with Crippen LogP contribution in [0.15, 0.2) is 10.6 Å². The number of β-lactam (4-membered cyclic amide) rings is 1. The average Bonchev–Trinajstić information content (AvgIpc) is 3.57. The largest absolute Gasteiger partial charge is 0.477 e. The van der Waals surface area contributed by atoms with Crippen molar-refractivity contribution in [2.45, 2.75) is 49.1 Å². The maximum absolute atomic E-state index is 13.3. The van der Waals surface area contributed by atoms with Crippen LogP contribution in [0.3, 0.4) is 0 Å². The first-order valence-corrected chi connectivity index (χ1v) is 17.6. The summed E-state index contributed by atoms with van der Waals surface area (Å²) in [4.78, 5) is 29.0. The summed E-state index contributed by atoms with van der Waals surface area (Å²) in [5.41, 5.74) is 0.0448. The normalized spacial score (nSPS) is 36.2. The van der Waals surface area contributed by atoms with Gasteiger partial charge in [-0.25, -0.2) is 13.2 Å². The van der Waals surface area contributed by atoms with Crippen LogP contribution in [0.1, 0.15) is 20.3 Å². The maximum Gasteiger partial charge on any atom is 0.353 e. The molecule has 0 radical (unpaired) electrons. The van der Waals surface area contributed by atoms with Crippen LogP contribution in [-0.4, -0.2) is 129 Å². The molecule has 5 aliphatic rings. The Hall–Kier alpha value is -0.480. The van der Waals surface area contributed by atoms with Gasteiger partial charge in [-0.2, -0.15) is 16.1 Å². The number of aliphatic carboxylic acids is 1. The molecule has 5 aliphatic heterocycles. The van der Waals surface area contributed by atoms with Gasteiger partial charge in [-0.3, -0.25) is 4.79 Å². The zero-order valence-corrected chi connectivity index (χ0v) is 24.4. The molecular formula is C23H36N4O6S4. The van der Waals surface area contributed by atoms with Crippen LogP contribution in [-0.2, 0) is 19.6 Å². The smallest absolute Gasteiger partial charge is 0.353 e. The number of carbonyl (C=O) groups is 2. The number of thioether (sulfide) groups is 3. The van der Waals surface area contributed by atoms with Crippen LogP contribution < -0.4 is 5.32 Å². The first kappa shape index (κ1) is 28.1. The molecule has 0 spiro atoms. The molecule has 0 saturated carbocycles. The van der Waals surface area contributed by atoms with Crippen molar-refractivity contribution in [3.63, 3.8) is 0 Å². The Balaban J connectivity index is 1.23. The maximum atomic E-state index is 13.3. The number of aliphatic hydroxyl groups is 1. The second-order valence-corrected chi connectivity index (χ2v) is 16.2. The number of nitrogens with zero attached hydrogens (tertiary/aromatic N) is 3. The quantitative estimate of drug-likeness (QED) is 0.321. The standard InChI is InChI=1S/C23H36N4O6S4/c1-13-18-17(14(2)28)21(29)27(18)19(23(30)31)20(13)36-15-11-16(24-12-15)22-26(5-9-35-22)37(32,33)10-6-25-3-7-34-8-4-25/h13-18,22,24,28H,3-12H2,1-2H3,(H,30,31)/t13-,14-,15+,16+,17?,18?,22?/m1/s1. The Kier molecular flexibility index (Phi) is 8.48. The Morgan fingerprint density at radius 3 is 2.65 bits per heavy atom. The molecule has 1 amide bonds. The van der Waals surface area contributed by atoms with Gasteiger partial charge in [0.1, 0.15) is 5.70 Å². The van der Waals surface area contributed by atoms with E-state index in [1.54, 1.807) is 23.0 Å². The summed E-state index contributed by atoms with van der Waals surface area (Å²) in [5, 5.41) is 23.4. The average molecular weight is 593 g/mol. The highest BCUT2D eigenvalue weighted by molar-refractivity contribution is 8.03. The highest BCUT2D eigenvalue weighted by Gasteiger charge is 2.60. The lowest BCUT2D eigenvalue weighted by atomic mass is 9.79. The molecule has 5 rings (SSSR count). The zero-order valence-electron chi connectivity index (χ0n) is 21.1. The summed E-state index contributed by atoms with van der Waals surface area (Å²) in [6.45, 7) is 7.13. The molecule has 0 bridgehead atoms. The molecule has 3 N–H and O–H groups in total. The number of hydrogen-bond acceptors (Lipinski definition) is 10. The molecule has 7 atom stereocenters. The van der Waals surface area contributed by atoms with Crippen LogP contribution in [0.25, 0.3) is 0 Å². The van der Waals surface area contributed by atoms with Crippen LogP contribution in [0.2, 0.25) is 0 Å². The number of carbonyl (C=O) groups excluding carboxylic acids is 1. The highest BCUT2D eigenvalue weighted by atomic mass is 32.2. The fraction of sp³-hybridized carbons (Fsp3) is 0.826. The first-order chi connectivity index (χ1) is 17.6. The first-order valence-electron chi connectivity index (χ1n) is 12.9. The van der Waals surface area contributed by atoms with Crippen molar-refractivity contribution in [3.05, 3.63) is 10.6 Å². The van der Waals surface area contributed by atoms with Gasteiger partial charge in [-0.05, 0) is 13.3 Å². The van der Waals surface area contributed by atoms with Gasteiger partial charge in [0.05, 0.1) is 29.2 Å². The number of hydrogen-bond donors (Lipinski definition) is 3. The van der Waals surface area contributed by atoms with Crippen molar-refractivity contribution in [1.82, 2.24) is 19.4 Å². The van der Waals surface area contributed by atoms with Gasteiger partial charge in [0, 0.05) is 72.1 Å². The number of nitrogens with one attached hydrogen (secondary N) is 1. The van der Waals surface area contributed by atoms with Gasteiger partial charge in [-0.15, -0.1) is 23.5 Å². The minimum absolute atomic E-state index is 0.0133. The third-order valence-corrected chi connectivity index (χ3v) is 13.8. The Bertz CT molecular complexity index is 1050. The van der Waals surface area contributed by atoms with Gasteiger partial charge in [0.25, 0.3) is 0 Å². The van der Waals surface area contributed by atoms with E-state index in [4.69, 9.17) is 0 Å². The Morgan fingerprint density at radius 2 is 1.97 bits per heavy atom. The van der Waals surface area contributed by atoms with Crippen molar-refractivity contribution in [3.8, 4) is 0 Å². The van der Waals surface area contributed by atoms with Crippen molar-refractivity contribution in [1.29, 1.82) is 0 Å². The third-order valence-electron chi connectivity index (χ3n) is 8.08. The molecular weight excluding hydrogens is 557 g/mol. The molecule has 3 unspecified atom stereocenters. The van der Waals surface area contributed by atoms with Gasteiger partial charge in [0.2, 0.25) is 15.9 Å². The van der Waals surface area contributed by atoms with Gasteiger partial charge >= 0.3 is 5.97 Å². The topological polar surface area (TPSA) is 130 Å². The Morgan fingerprint density at radius 1 is 1.24 bits per heavy atom. The summed E-state index contributed by atoms with van der Waals surface area (Å²) in [5.74, 6) is 0.831. The molecule has 0 aromatic carbocycles. The van der Waals surface area contributed by atoms with Crippen molar-refractivity contribution >= 4 is 57.2 Å². The summed E-state index contributed by atoms with van der Waals surface area (Å²) in [6.07, 6.45) is -0.103. The van der Waals surface area contributed by atoms with Gasteiger partial charge in [0.15, 0.2) is 0 Å². The van der Waals surface area contributed by atoms with E-state index in [2.05, 4.69) is 10.2 Å². The van der Waals surface area contributed by atoms with Crippen LogP contribution in [0.5, 0.6) is 0 Å². The van der Waals surface area contributed by atoms with E-state index >= 15 is 0 Å². The molecule has 0 aromatic heterocycles. The minimum Gasteiger partial charge on any atom is -0.477 e. The number of fused-ring (bicyclic) bond motifs is 1. The SMILES string of the molecule is C[C@@H](O)C1C(=O)N2C(C(=O)O)=C(S[C@@H]3CN[C@H](C4SCCN4S(=O)(=O)CCN4CCSCC4)C3)[C@H](C)C12. The molecule has 0 aliphatic carbocycles. The van der Waals surface area contributed by atoms with Crippen molar-refractivity contribution < 1.29 is 28.2 Å². The number of aliphatic hydroxyl groups excluding tert-OH is 1. The van der Waals surface area contributed by atoms with Crippen molar-refractivity contribution in [2.24, 2.45) is 11.8 Å². The molecule has 4 saturated heterocycles. The molecule has 37 heavy (non-hydrogen) atoms. The zero-order chi connectivity index (χ0) is 26.5. The van der Waals surface area contributed by atoms with E-state index in [0.717, 1.165) is 36.8 Å². The fourth-order valence-electron chi connectivity index (χ4n) is 6.17. The lowest BCUT2D eigenvalue weighted by Gasteiger charge is -2.46. The highest BCUT2D eigenvalue weighted by Crippen LogP contribution is 2.52. The summed E-state index contributed by atoms with van der Waals surface area (Å²) in [6, 6.07) is -0.337. The molecule has 4 fully saturated rings. The van der Waals surface area contributed by atoms with E-state index in [0.29, 0.717) is 24.5 Å². The molecule has 208 valence electrons. The molecule has 5 heterocycles. The van der Waals surface area contributed by atoms with E-state index < -0.39 is 28.0 Å². The van der Waals surface area contributed by atoms with E-state index in [9.17, 15) is 28.2 Å². The van der Waals surface area contributed by atoms with Crippen LogP contribution in [0, 0.1) is 11.8 Å². The molecule has 10 nitrogen and oxygen atoms in total. The number of carboxylic acid groups (broad SMARTS) is 1. The van der Waals surface area contributed by atoms with E-state index in [1.165, 1.54) is 16.7 Å². The summed E-state index contributed by atoms with van der Waals surface area (Å²) in [7, 11) is -3.38. The lowest BCUT2D eigenvalue weighted by Crippen LogP contribution is -2.63. The molecule has 0 aromatic rings. The fourth-order valence-corrected chi connectivity index (χ4v) is 12.1. The predicted molar refractivity (Wildman–Crippen MR) is 148 cm³/mol. The Labute approximate surface area is 231 Å². The summed E-state index contributed by atoms with van der Waals surface area (Å²) >= 11 is 5.08. The van der Waals surface area contributed by atoms with Crippen LogP contribution >= 0.6 is 35.3 Å². The second-order valence-electron chi connectivity index (χ2n) is 10.4. The van der Waals surface area contributed by atoms with E-state index in [-0.39, 0.29) is 46.0 Å². The minimum atomic E-state index is -3.38. The number of carboxylic acids is 1. The third kappa shape index (κ3) is 5.33. The molecule has 14 heteroatoms. The number of rotatable bonds is 9. The number of amides is 1. The second kappa shape index (κ2) is 11.2. The van der Waals surface area contributed by atoms with Crippen LogP contribution in [0.4, 0.5) is 0 Å². The number of sulfonamides is 1. The van der Waals surface area contributed by atoms with Gasteiger partial charge < -0.3 is 25.3 Å². The lowest BCUT2D eigenvalue weighted by molar-refractivity contribution is -0.163. The predicted octanol–water partition coefficient (Wildman–Crippen LogP) is 0.357. The van der Waals surface area contributed by atoms with Gasteiger partial charge in [-0.1, -0.05) is 6.92 Å². The van der Waals surface area contributed by atoms with Crippen molar-refractivity contribution in [2.75, 3.05) is 55.7 Å².